The minimum atomic E-state index is -0.130. The quantitative estimate of drug-likeness (QED) is 0.571. The lowest BCUT2D eigenvalue weighted by Crippen LogP contribution is -1.73. The molecule has 2 rings (SSSR count). The maximum atomic E-state index is 10.9. The Morgan fingerprint density at radius 2 is 2.40 bits per heavy atom. The third kappa shape index (κ3) is 0.540. The maximum absolute atomic E-state index is 10.9. The van der Waals surface area contributed by atoms with Crippen LogP contribution in [0.4, 0.5) is 0 Å². The van der Waals surface area contributed by atoms with E-state index in [-0.39, 0.29) is 5.75 Å². The molecule has 0 aliphatic heterocycles. The van der Waals surface area contributed by atoms with Gasteiger partial charge >= 0.3 is 0 Å². The summed E-state index contributed by atoms with van der Waals surface area (Å²) in [7, 11) is 0. The van der Waals surface area contributed by atoms with Gasteiger partial charge in [-0.1, -0.05) is 5.21 Å². The SMILES string of the molecule is [O]c1ccnc2nn[nH]c12. The predicted octanol–water partition coefficient (Wildman–Crippen LogP) is 0.497. The Morgan fingerprint density at radius 3 is 3.20 bits per heavy atom. The highest BCUT2D eigenvalue weighted by molar-refractivity contribution is 5.75. The molecule has 0 aliphatic rings. The standard InChI is InChI=1S/C5H3N4O/c10-3-1-2-6-5-4(3)7-9-8-5/h1-2H,(H,6,7,8,9). The van der Waals surface area contributed by atoms with Crippen LogP contribution in [0.3, 0.4) is 0 Å². The number of aromatic amines is 1. The Balaban J connectivity index is 2.95. The number of hydrogen-bond donors (Lipinski definition) is 1. The van der Waals surface area contributed by atoms with Gasteiger partial charge in [0.05, 0.1) is 0 Å². The molecule has 0 aliphatic carbocycles. The van der Waals surface area contributed by atoms with E-state index >= 15 is 0 Å². The summed E-state index contributed by atoms with van der Waals surface area (Å²) in [5.41, 5.74) is 0.731. The number of hydrogen-bond acceptors (Lipinski definition) is 3. The fourth-order valence-corrected chi connectivity index (χ4v) is 0.737. The summed E-state index contributed by atoms with van der Waals surface area (Å²) < 4.78 is 0. The molecular formula is C5H3N4O. The van der Waals surface area contributed by atoms with Gasteiger partial charge in [0.1, 0.15) is 0 Å². The first-order chi connectivity index (χ1) is 4.88. The zero-order chi connectivity index (χ0) is 6.97. The topological polar surface area (TPSA) is 74.4 Å². The Hall–Kier alpha value is -1.65. The minimum Gasteiger partial charge on any atom is -0.287 e. The van der Waals surface area contributed by atoms with Crippen molar-refractivity contribution >= 4 is 11.2 Å². The molecule has 2 aromatic rings. The molecule has 1 radical (unpaired) electrons. The van der Waals surface area contributed by atoms with Crippen LogP contribution in [0.25, 0.3) is 11.2 Å². The fourth-order valence-electron chi connectivity index (χ4n) is 0.737. The molecule has 0 saturated heterocycles. The van der Waals surface area contributed by atoms with Crippen LogP contribution in [0.2, 0.25) is 0 Å². The van der Waals surface area contributed by atoms with Crippen LogP contribution in [0.5, 0.6) is 5.75 Å². The molecular weight excluding hydrogens is 132 g/mol. The van der Waals surface area contributed by atoms with E-state index in [1.54, 1.807) is 0 Å². The van der Waals surface area contributed by atoms with E-state index in [1.165, 1.54) is 12.3 Å². The van der Waals surface area contributed by atoms with Gasteiger partial charge in [0.15, 0.2) is 5.52 Å². The third-order valence-corrected chi connectivity index (χ3v) is 1.20. The van der Waals surface area contributed by atoms with Crippen LogP contribution >= 0.6 is 0 Å². The minimum absolute atomic E-state index is 0.130. The molecule has 0 bridgehead atoms. The first-order valence-corrected chi connectivity index (χ1v) is 2.71. The van der Waals surface area contributed by atoms with E-state index in [1.807, 2.05) is 0 Å². The van der Waals surface area contributed by atoms with Crippen LogP contribution in [0, 0.1) is 0 Å². The van der Waals surface area contributed by atoms with E-state index in [0.717, 1.165) is 0 Å². The van der Waals surface area contributed by atoms with Gasteiger partial charge in [0, 0.05) is 12.3 Å². The van der Waals surface area contributed by atoms with Crippen LogP contribution in [0.1, 0.15) is 0 Å². The highest BCUT2D eigenvalue weighted by Crippen LogP contribution is 2.16. The van der Waals surface area contributed by atoms with Gasteiger partial charge in [-0.15, -0.1) is 5.10 Å². The monoisotopic (exact) mass is 135 g/mol. The molecule has 0 spiro atoms. The molecule has 5 heteroatoms. The van der Waals surface area contributed by atoms with Gasteiger partial charge in [-0.2, -0.15) is 0 Å². The lowest BCUT2D eigenvalue weighted by molar-refractivity contribution is 0.359. The van der Waals surface area contributed by atoms with Crippen LogP contribution in [-0.4, -0.2) is 20.4 Å². The Kier molecular flexibility index (Phi) is 0.858. The summed E-state index contributed by atoms with van der Waals surface area (Å²) in [4.78, 5) is 3.80. The van der Waals surface area contributed by atoms with Crippen LogP contribution in [0.15, 0.2) is 12.3 Å². The molecule has 0 unspecified atom stereocenters. The van der Waals surface area contributed by atoms with E-state index in [9.17, 15) is 5.11 Å². The average molecular weight is 135 g/mol. The van der Waals surface area contributed by atoms with E-state index < -0.39 is 0 Å². The molecule has 0 atom stereocenters. The Bertz CT molecular complexity index is 355. The molecule has 49 valence electrons. The zero-order valence-electron chi connectivity index (χ0n) is 4.90. The van der Waals surface area contributed by atoms with E-state index in [0.29, 0.717) is 11.2 Å². The summed E-state index contributed by atoms with van der Waals surface area (Å²) in [6, 6.07) is 1.36. The van der Waals surface area contributed by atoms with Crippen molar-refractivity contribution in [3.05, 3.63) is 12.3 Å². The molecule has 0 fully saturated rings. The number of fused-ring (bicyclic) bond motifs is 1. The smallest absolute Gasteiger partial charge is 0.209 e. The van der Waals surface area contributed by atoms with Crippen molar-refractivity contribution in [1.29, 1.82) is 0 Å². The lowest BCUT2D eigenvalue weighted by atomic mass is 10.4. The van der Waals surface area contributed by atoms with Gasteiger partial charge in [-0.25, -0.2) is 4.98 Å². The molecule has 10 heavy (non-hydrogen) atoms. The second-order valence-corrected chi connectivity index (χ2v) is 1.82. The van der Waals surface area contributed by atoms with E-state index in [4.69, 9.17) is 0 Å². The molecule has 0 saturated carbocycles. The maximum Gasteiger partial charge on any atom is 0.209 e. The Labute approximate surface area is 55.7 Å². The molecule has 1 N–H and O–H groups in total. The van der Waals surface area contributed by atoms with Gasteiger partial charge in [0.25, 0.3) is 0 Å². The van der Waals surface area contributed by atoms with Crippen molar-refractivity contribution in [3.63, 3.8) is 0 Å². The summed E-state index contributed by atoms with van der Waals surface area (Å²) in [5.74, 6) is -0.130. The first-order valence-electron chi connectivity index (χ1n) is 2.71. The zero-order valence-corrected chi connectivity index (χ0v) is 4.90. The van der Waals surface area contributed by atoms with Crippen LogP contribution < -0.4 is 0 Å². The van der Waals surface area contributed by atoms with Crippen molar-refractivity contribution in [2.24, 2.45) is 0 Å². The lowest BCUT2D eigenvalue weighted by Gasteiger charge is -1.83. The number of aromatic nitrogens is 4. The second kappa shape index (κ2) is 1.66. The number of H-pyrrole nitrogens is 1. The van der Waals surface area contributed by atoms with Gasteiger partial charge in [-0.3, -0.25) is 10.2 Å². The van der Waals surface area contributed by atoms with Gasteiger partial charge < -0.3 is 0 Å². The summed E-state index contributed by atoms with van der Waals surface area (Å²) >= 11 is 0. The summed E-state index contributed by atoms with van der Waals surface area (Å²) in [5, 5.41) is 20.3. The van der Waals surface area contributed by atoms with Crippen LogP contribution in [-0.2, 0) is 5.11 Å². The second-order valence-electron chi connectivity index (χ2n) is 1.82. The number of rotatable bonds is 0. The molecule has 0 aromatic carbocycles. The van der Waals surface area contributed by atoms with Gasteiger partial charge in [0.2, 0.25) is 11.4 Å². The van der Waals surface area contributed by atoms with Crippen molar-refractivity contribution in [2.45, 2.75) is 0 Å². The van der Waals surface area contributed by atoms with Crippen molar-refractivity contribution < 1.29 is 5.11 Å². The molecule has 5 nitrogen and oxygen atoms in total. The van der Waals surface area contributed by atoms with Gasteiger partial charge in [-0.05, 0) is 0 Å². The molecule has 2 aromatic heterocycles. The third-order valence-electron chi connectivity index (χ3n) is 1.20. The van der Waals surface area contributed by atoms with Crippen molar-refractivity contribution in [3.8, 4) is 5.75 Å². The average Bonchev–Trinajstić information content (AvgIpc) is 2.36. The highest BCUT2D eigenvalue weighted by atomic mass is 16.3. The van der Waals surface area contributed by atoms with Crippen molar-refractivity contribution in [1.82, 2.24) is 20.4 Å². The first kappa shape index (κ1) is 5.16. The number of nitrogens with zero attached hydrogens (tertiary/aromatic N) is 3. The van der Waals surface area contributed by atoms with Crippen molar-refractivity contribution in [2.75, 3.05) is 0 Å². The highest BCUT2D eigenvalue weighted by Gasteiger charge is 2.02. The number of nitrogens with one attached hydrogen (secondary N) is 1. The molecule has 2 heterocycles. The van der Waals surface area contributed by atoms with E-state index in [2.05, 4.69) is 20.4 Å². The fraction of sp³-hybridized carbons (Fsp3) is 0. The summed E-state index contributed by atoms with van der Waals surface area (Å²) in [6.07, 6.45) is 1.41. The Morgan fingerprint density at radius 1 is 1.50 bits per heavy atom. The normalized spacial score (nSPS) is 10.4. The molecule has 0 amide bonds. The largest absolute Gasteiger partial charge is 0.287 e. The summed E-state index contributed by atoms with van der Waals surface area (Å²) in [6.45, 7) is 0. The predicted molar refractivity (Wildman–Crippen MR) is 31.8 cm³/mol. The number of pyridine rings is 1.